The maximum atomic E-state index is 12.6. The van der Waals surface area contributed by atoms with E-state index in [1.54, 1.807) is 0 Å². The second kappa shape index (κ2) is 5.01. The second-order valence-electron chi connectivity index (χ2n) is 4.92. The quantitative estimate of drug-likeness (QED) is 0.893. The molecule has 0 atom stereocenters. The van der Waals surface area contributed by atoms with Gasteiger partial charge in [0.2, 0.25) is 10.0 Å². The van der Waals surface area contributed by atoms with E-state index in [-0.39, 0.29) is 6.61 Å². The summed E-state index contributed by atoms with van der Waals surface area (Å²) >= 11 is 0. The average Bonchev–Trinajstić information content (AvgIpc) is 2.33. The highest BCUT2D eigenvalue weighted by atomic mass is 32.2. The standard InChI is InChI=1S/C12H14F3NO3S/c13-12(14,15)9-3-1-4-10(7-9)20(18,19)16-11(8-17)5-2-6-11/h1,3-4,7,16-17H,2,5-6,8H2. The lowest BCUT2D eigenvalue weighted by Gasteiger charge is -2.40. The zero-order valence-electron chi connectivity index (χ0n) is 10.4. The molecule has 2 rings (SSSR count). The van der Waals surface area contributed by atoms with Crippen molar-refractivity contribution in [3.8, 4) is 0 Å². The summed E-state index contributed by atoms with van der Waals surface area (Å²) in [6.45, 7) is -0.370. The van der Waals surface area contributed by atoms with E-state index < -0.39 is 32.2 Å². The van der Waals surface area contributed by atoms with Crippen molar-refractivity contribution in [3.05, 3.63) is 29.8 Å². The fourth-order valence-electron chi connectivity index (χ4n) is 2.08. The minimum Gasteiger partial charge on any atom is -0.394 e. The van der Waals surface area contributed by atoms with Gasteiger partial charge >= 0.3 is 6.18 Å². The molecule has 8 heteroatoms. The molecule has 20 heavy (non-hydrogen) atoms. The lowest BCUT2D eigenvalue weighted by atomic mass is 9.78. The molecule has 4 nitrogen and oxygen atoms in total. The second-order valence-corrected chi connectivity index (χ2v) is 6.61. The maximum absolute atomic E-state index is 12.6. The molecule has 0 saturated heterocycles. The van der Waals surface area contributed by atoms with Crippen LogP contribution in [0.1, 0.15) is 24.8 Å². The van der Waals surface area contributed by atoms with Crippen molar-refractivity contribution in [1.82, 2.24) is 4.72 Å². The van der Waals surface area contributed by atoms with Crippen LogP contribution in [0, 0.1) is 0 Å². The number of alkyl halides is 3. The average molecular weight is 309 g/mol. The molecule has 2 N–H and O–H groups in total. The molecule has 112 valence electrons. The van der Waals surface area contributed by atoms with E-state index >= 15 is 0 Å². The van der Waals surface area contributed by atoms with Crippen LogP contribution >= 0.6 is 0 Å². The Morgan fingerprint density at radius 1 is 1.30 bits per heavy atom. The highest BCUT2D eigenvalue weighted by molar-refractivity contribution is 7.89. The van der Waals surface area contributed by atoms with E-state index in [1.165, 1.54) is 0 Å². The van der Waals surface area contributed by atoms with Crippen molar-refractivity contribution in [2.24, 2.45) is 0 Å². The third kappa shape index (κ3) is 2.97. The van der Waals surface area contributed by atoms with E-state index in [2.05, 4.69) is 4.72 Å². The molecular weight excluding hydrogens is 295 g/mol. The van der Waals surface area contributed by atoms with Crippen LogP contribution in [0.5, 0.6) is 0 Å². The molecular formula is C12H14F3NO3S. The molecule has 1 saturated carbocycles. The summed E-state index contributed by atoms with van der Waals surface area (Å²) in [7, 11) is -4.08. The van der Waals surface area contributed by atoms with Gasteiger partial charge in [-0.2, -0.15) is 13.2 Å². The Labute approximate surface area is 114 Å². The molecule has 0 radical (unpaired) electrons. The molecule has 0 unspecified atom stereocenters. The predicted octanol–water partition coefficient (Wildman–Crippen LogP) is 1.90. The minimum absolute atomic E-state index is 0.370. The summed E-state index contributed by atoms with van der Waals surface area (Å²) in [5.74, 6) is 0. The predicted molar refractivity (Wildman–Crippen MR) is 65.4 cm³/mol. The molecule has 0 bridgehead atoms. The molecule has 1 aromatic carbocycles. The number of hydrogen-bond acceptors (Lipinski definition) is 3. The van der Waals surface area contributed by atoms with Crippen molar-refractivity contribution in [2.45, 2.75) is 35.9 Å². The summed E-state index contributed by atoms with van der Waals surface area (Å²) in [6, 6.07) is 3.54. The SMILES string of the molecule is O=S(=O)(NC1(CO)CCC1)c1cccc(C(F)(F)F)c1. The van der Waals surface area contributed by atoms with E-state index in [1.807, 2.05) is 0 Å². The third-order valence-electron chi connectivity index (χ3n) is 3.44. The topological polar surface area (TPSA) is 66.4 Å². The third-order valence-corrected chi connectivity index (χ3v) is 5.01. The van der Waals surface area contributed by atoms with Gasteiger partial charge in [0.25, 0.3) is 0 Å². The Kier molecular flexibility index (Phi) is 3.83. The molecule has 0 spiro atoms. The van der Waals surface area contributed by atoms with E-state index in [4.69, 9.17) is 0 Å². The van der Waals surface area contributed by atoms with Crippen LogP contribution < -0.4 is 4.72 Å². The van der Waals surface area contributed by atoms with Crippen molar-refractivity contribution < 1.29 is 26.7 Å². The Balaban J connectivity index is 2.30. The number of benzene rings is 1. The van der Waals surface area contributed by atoms with Crippen molar-refractivity contribution in [2.75, 3.05) is 6.61 Å². The van der Waals surface area contributed by atoms with Crippen LogP contribution in [-0.4, -0.2) is 25.7 Å². The number of sulfonamides is 1. The molecule has 0 heterocycles. The largest absolute Gasteiger partial charge is 0.416 e. The van der Waals surface area contributed by atoms with E-state index in [9.17, 15) is 26.7 Å². The number of aliphatic hydroxyl groups excluding tert-OH is 1. The molecule has 1 aliphatic rings. The number of aliphatic hydroxyl groups is 1. The van der Waals surface area contributed by atoms with Crippen LogP contribution in [0.3, 0.4) is 0 Å². The van der Waals surface area contributed by atoms with Gasteiger partial charge in [-0.25, -0.2) is 13.1 Å². The van der Waals surface area contributed by atoms with Crippen LogP contribution in [0.25, 0.3) is 0 Å². The number of hydrogen-bond donors (Lipinski definition) is 2. The summed E-state index contributed by atoms with van der Waals surface area (Å²) < 4.78 is 64.2. The summed E-state index contributed by atoms with van der Waals surface area (Å²) in [5.41, 5.74) is -1.96. The first-order valence-corrected chi connectivity index (χ1v) is 7.49. The van der Waals surface area contributed by atoms with Gasteiger partial charge in [-0.05, 0) is 37.5 Å². The molecule has 1 aromatic rings. The van der Waals surface area contributed by atoms with Crippen LogP contribution in [-0.2, 0) is 16.2 Å². The Hall–Kier alpha value is -1.12. The van der Waals surface area contributed by atoms with Crippen molar-refractivity contribution in [3.63, 3.8) is 0 Å². The fraction of sp³-hybridized carbons (Fsp3) is 0.500. The first-order valence-electron chi connectivity index (χ1n) is 6.01. The van der Waals surface area contributed by atoms with Crippen molar-refractivity contribution in [1.29, 1.82) is 0 Å². The molecule has 0 aliphatic heterocycles. The minimum atomic E-state index is -4.60. The van der Waals surface area contributed by atoms with E-state index in [0.29, 0.717) is 18.9 Å². The summed E-state index contributed by atoms with van der Waals surface area (Å²) in [6.07, 6.45) is -2.88. The Morgan fingerprint density at radius 2 is 1.95 bits per heavy atom. The number of nitrogens with one attached hydrogen (secondary N) is 1. The van der Waals surface area contributed by atoms with Gasteiger partial charge in [-0.1, -0.05) is 6.07 Å². The smallest absolute Gasteiger partial charge is 0.394 e. The van der Waals surface area contributed by atoms with Crippen LogP contribution in [0.2, 0.25) is 0 Å². The van der Waals surface area contributed by atoms with Gasteiger partial charge in [0, 0.05) is 0 Å². The Morgan fingerprint density at radius 3 is 2.40 bits per heavy atom. The van der Waals surface area contributed by atoms with Crippen LogP contribution in [0.15, 0.2) is 29.2 Å². The fourth-order valence-corrected chi connectivity index (χ4v) is 3.58. The van der Waals surface area contributed by atoms with Gasteiger partial charge in [0.1, 0.15) is 0 Å². The van der Waals surface area contributed by atoms with Gasteiger partial charge in [-0.15, -0.1) is 0 Å². The van der Waals surface area contributed by atoms with Gasteiger partial charge in [0.15, 0.2) is 0 Å². The zero-order chi connectivity index (χ0) is 15.0. The van der Waals surface area contributed by atoms with E-state index in [0.717, 1.165) is 24.6 Å². The molecule has 1 fully saturated rings. The number of halogens is 3. The van der Waals surface area contributed by atoms with Gasteiger partial charge in [0.05, 0.1) is 22.6 Å². The lowest BCUT2D eigenvalue weighted by molar-refractivity contribution is -0.137. The summed E-state index contributed by atoms with van der Waals surface area (Å²) in [4.78, 5) is -0.452. The highest BCUT2D eigenvalue weighted by Crippen LogP contribution is 2.34. The maximum Gasteiger partial charge on any atom is 0.416 e. The Bertz CT molecular complexity index is 589. The monoisotopic (exact) mass is 309 g/mol. The molecule has 1 aliphatic carbocycles. The van der Waals surface area contributed by atoms with Gasteiger partial charge in [-0.3, -0.25) is 0 Å². The number of rotatable bonds is 4. The molecule has 0 amide bonds. The lowest BCUT2D eigenvalue weighted by Crippen LogP contribution is -2.55. The first kappa shape index (κ1) is 15.3. The first-order chi connectivity index (χ1) is 9.19. The zero-order valence-corrected chi connectivity index (χ0v) is 11.3. The van der Waals surface area contributed by atoms with Crippen molar-refractivity contribution >= 4 is 10.0 Å². The highest BCUT2D eigenvalue weighted by Gasteiger charge is 2.40. The van der Waals surface area contributed by atoms with Gasteiger partial charge < -0.3 is 5.11 Å². The molecule has 0 aromatic heterocycles. The normalized spacial score (nSPS) is 18.6. The van der Waals surface area contributed by atoms with Crippen LogP contribution in [0.4, 0.5) is 13.2 Å². The summed E-state index contributed by atoms with van der Waals surface area (Å²) in [5, 5.41) is 9.22.